The molecule has 0 saturated heterocycles. The van der Waals surface area contributed by atoms with E-state index in [1.165, 1.54) is 5.56 Å². The van der Waals surface area contributed by atoms with Gasteiger partial charge in [-0.3, -0.25) is 9.59 Å². The van der Waals surface area contributed by atoms with Crippen molar-refractivity contribution in [3.63, 3.8) is 0 Å². The SMILES string of the molecule is COc1ccc(CCNC(=O)C(=O)N[C@H](C)c2cc(C)c(C)cc2C)cc1OC. The van der Waals surface area contributed by atoms with Crippen molar-refractivity contribution in [3.05, 3.63) is 58.1 Å². The van der Waals surface area contributed by atoms with Gasteiger partial charge in [0.2, 0.25) is 0 Å². The highest BCUT2D eigenvalue weighted by Crippen LogP contribution is 2.27. The van der Waals surface area contributed by atoms with Crippen LogP contribution in [0.4, 0.5) is 0 Å². The standard InChI is InChI=1S/C23H30N2O4/c1-14-11-16(3)19(12-15(14)2)17(4)25-23(27)22(26)24-10-9-18-7-8-20(28-5)21(13-18)29-6/h7-8,11-13,17H,9-10H2,1-6H3,(H,24,26)(H,25,27)/t17-/m1/s1. The van der Waals surface area contributed by atoms with Gasteiger partial charge in [-0.1, -0.05) is 18.2 Å². The van der Waals surface area contributed by atoms with Crippen LogP contribution in [-0.4, -0.2) is 32.6 Å². The lowest BCUT2D eigenvalue weighted by Crippen LogP contribution is -2.41. The predicted molar refractivity (Wildman–Crippen MR) is 113 cm³/mol. The molecule has 1 atom stereocenters. The molecule has 0 radical (unpaired) electrons. The summed E-state index contributed by atoms with van der Waals surface area (Å²) in [5.74, 6) is 0.00296. The van der Waals surface area contributed by atoms with E-state index in [9.17, 15) is 9.59 Å². The number of benzene rings is 2. The first-order valence-corrected chi connectivity index (χ1v) is 9.64. The molecular weight excluding hydrogens is 368 g/mol. The third-order valence-electron chi connectivity index (χ3n) is 5.05. The molecule has 0 saturated carbocycles. The molecule has 2 rings (SSSR count). The van der Waals surface area contributed by atoms with E-state index in [4.69, 9.17) is 9.47 Å². The number of amides is 2. The Morgan fingerprint density at radius 1 is 0.897 bits per heavy atom. The Hall–Kier alpha value is -3.02. The minimum Gasteiger partial charge on any atom is -0.493 e. The quantitative estimate of drug-likeness (QED) is 0.703. The number of aryl methyl sites for hydroxylation is 3. The Morgan fingerprint density at radius 3 is 2.21 bits per heavy atom. The van der Waals surface area contributed by atoms with Gasteiger partial charge in [-0.05, 0) is 74.1 Å². The third-order valence-corrected chi connectivity index (χ3v) is 5.05. The zero-order valence-corrected chi connectivity index (χ0v) is 18.0. The third kappa shape index (κ3) is 5.73. The lowest BCUT2D eigenvalue weighted by atomic mass is 9.96. The summed E-state index contributed by atoms with van der Waals surface area (Å²) in [7, 11) is 3.16. The highest BCUT2D eigenvalue weighted by Gasteiger charge is 2.18. The summed E-state index contributed by atoms with van der Waals surface area (Å²) in [4.78, 5) is 24.4. The fraction of sp³-hybridized carbons (Fsp3) is 0.391. The second-order valence-corrected chi connectivity index (χ2v) is 7.18. The summed E-state index contributed by atoms with van der Waals surface area (Å²) >= 11 is 0. The summed E-state index contributed by atoms with van der Waals surface area (Å²) in [5, 5.41) is 5.44. The highest BCUT2D eigenvalue weighted by atomic mass is 16.5. The van der Waals surface area contributed by atoms with Crippen molar-refractivity contribution in [2.45, 2.75) is 40.2 Å². The molecular formula is C23H30N2O4. The fourth-order valence-corrected chi connectivity index (χ4v) is 3.23. The van der Waals surface area contributed by atoms with E-state index in [1.807, 2.05) is 39.0 Å². The molecule has 6 heteroatoms. The predicted octanol–water partition coefficient (Wildman–Crippen LogP) is 3.17. The average molecular weight is 399 g/mol. The Balaban J connectivity index is 1.89. The van der Waals surface area contributed by atoms with Crippen LogP contribution in [0.5, 0.6) is 11.5 Å². The molecule has 0 bridgehead atoms. The number of carbonyl (C=O) groups is 2. The van der Waals surface area contributed by atoms with E-state index in [-0.39, 0.29) is 6.04 Å². The summed E-state index contributed by atoms with van der Waals surface area (Å²) in [5.41, 5.74) is 5.44. The maximum absolute atomic E-state index is 12.3. The normalized spacial score (nSPS) is 11.5. The summed E-state index contributed by atoms with van der Waals surface area (Å²) < 4.78 is 10.5. The van der Waals surface area contributed by atoms with Crippen LogP contribution in [0.3, 0.4) is 0 Å². The molecule has 0 aliphatic carbocycles. The number of carbonyl (C=O) groups excluding carboxylic acids is 2. The van der Waals surface area contributed by atoms with Crippen molar-refractivity contribution in [1.29, 1.82) is 0 Å². The van der Waals surface area contributed by atoms with Crippen molar-refractivity contribution < 1.29 is 19.1 Å². The molecule has 0 aromatic heterocycles. The van der Waals surface area contributed by atoms with Crippen LogP contribution in [0.25, 0.3) is 0 Å². The van der Waals surface area contributed by atoms with Crippen LogP contribution < -0.4 is 20.1 Å². The summed E-state index contributed by atoms with van der Waals surface area (Å²) in [6, 6.07) is 9.48. The van der Waals surface area contributed by atoms with Gasteiger partial charge in [0.15, 0.2) is 11.5 Å². The summed E-state index contributed by atoms with van der Waals surface area (Å²) in [6.07, 6.45) is 0.575. The Morgan fingerprint density at radius 2 is 1.55 bits per heavy atom. The minimum atomic E-state index is -0.640. The molecule has 0 fully saturated rings. The molecule has 2 N–H and O–H groups in total. The second kappa shape index (κ2) is 9.96. The van der Waals surface area contributed by atoms with Gasteiger partial charge in [0.1, 0.15) is 0 Å². The van der Waals surface area contributed by atoms with Crippen molar-refractivity contribution in [2.24, 2.45) is 0 Å². The Bertz CT molecular complexity index is 893. The van der Waals surface area contributed by atoms with E-state index < -0.39 is 11.8 Å². The van der Waals surface area contributed by atoms with Gasteiger partial charge >= 0.3 is 11.8 Å². The number of rotatable bonds is 7. The van der Waals surface area contributed by atoms with Gasteiger partial charge in [0.05, 0.1) is 20.3 Å². The minimum absolute atomic E-state index is 0.251. The number of nitrogens with one attached hydrogen (secondary N) is 2. The largest absolute Gasteiger partial charge is 0.493 e. The fourth-order valence-electron chi connectivity index (χ4n) is 3.23. The lowest BCUT2D eigenvalue weighted by molar-refractivity contribution is -0.139. The molecule has 0 unspecified atom stereocenters. The Labute approximate surface area is 172 Å². The maximum atomic E-state index is 12.3. The Kier molecular flexibility index (Phi) is 7.65. The smallest absolute Gasteiger partial charge is 0.309 e. The van der Waals surface area contributed by atoms with Gasteiger partial charge in [0.25, 0.3) is 0 Å². The first-order valence-electron chi connectivity index (χ1n) is 9.64. The molecule has 0 heterocycles. The van der Waals surface area contributed by atoms with Gasteiger partial charge in [-0.15, -0.1) is 0 Å². The maximum Gasteiger partial charge on any atom is 0.309 e. The molecule has 2 aromatic rings. The second-order valence-electron chi connectivity index (χ2n) is 7.18. The molecule has 156 valence electrons. The van der Waals surface area contributed by atoms with Gasteiger partial charge < -0.3 is 20.1 Å². The van der Waals surface area contributed by atoms with Crippen molar-refractivity contribution >= 4 is 11.8 Å². The van der Waals surface area contributed by atoms with Gasteiger partial charge in [0, 0.05) is 6.54 Å². The first-order chi connectivity index (χ1) is 13.8. The average Bonchev–Trinajstić information content (AvgIpc) is 2.70. The monoisotopic (exact) mass is 398 g/mol. The van der Waals surface area contributed by atoms with Crippen LogP contribution in [0.2, 0.25) is 0 Å². The van der Waals surface area contributed by atoms with Crippen LogP contribution >= 0.6 is 0 Å². The van der Waals surface area contributed by atoms with Crippen molar-refractivity contribution in [1.82, 2.24) is 10.6 Å². The van der Waals surface area contributed by atoms with Crippen LogP contribution in [0.15, 0.2) is 30.3 Å². The van der Waals surface area contributed by atoms with Crippen molar-refractivity contribution in [3.8, 4) is 11.5 Å². The number of hydrogen-bond donors (Lipinski definition) is 2. The molecule has 29 heavy (non-hydrogen) atoms. The molecule has 2 amide bonds. The number of hydrogen-bond acceptors (Lipinski definition) is 4. The van der Waals surface area contributed by atoms with Crippen LogP contribution in [-0.2, 0) is 16.0 Å². The molecule has 0 spiro atoms. The van der Waals surface area contributed by atoms with Crippen LogP contribution in [0, 0.1) is 20.8 Å². The lowest BCUT2D eigenvalue weighted by Gasteiger charge is -2.18. The van der Waals surface area contributed by atoms with E-state index in [0.29, 0.717) is 24.5 Å². The van der Waals surface area contributed by atoms with E-state index >= 15 is 0 Å². The van der Waals surface area contributed by atoms with E-state index in [1.54, 1.807) is 14.2 Å². The number of ether oxygens (including phenoxy) is 2. The van der Waals surface area contributed by atoms with Gasteiger partial charge in [-0.25, -0.2) is 0 Å². The number of methoxy groups -OCH3 is 2. The van der Waals surface area contributed by atoms with E-state index in [2.05, 4.69) is 29.7 Å². The van der Waals surface area contributed by atoms with Gasteiger partial charge in [-0.2, -0.15) is 0 Å². The van der Waals surface area contributed by atoms with Crippen molar-refractivity contribution in [2.75, 3.05) is 20.8 Å². The molecule has 0 aliphatic heterocycles. The first kappa shape index (κ1) is 22.3. The zero-order valence-electron chi connectivity index (χ0n) is 18.0. The molecule has 0 aliphatic rings. The summed E-state index contributed by atoms with van der Waals surface area (Å²) in [6.45, 7) is 8.33. The van der Waals surface area contributed by atoms with Crippen LogP contribution in [0.1, 0.15) is 40.8 Å². The topological polar surface area (TPSA) is 76.7 Å². The van der Waals surface area contributed by atoms with E-state index in [0.717, 1.165) is 22.3 Å². The molecule has 6 nitrogen and oxygen atoms in total. The molecule has 2 aromatic carbocycles. The zero-order chi connectivity index (χ0) is 21.6. The highest BCUT2D eigenvalue weighted by molar-refractivity contribution is 6.35.